The van der Waals surface area contributed by atoms with Gasteiger partial charge in [-0.2, -0.15) is 0 Å². The molecule has 1 aromatic rings. The van der Waals surface area contributed by atoms with Crippen LogP contribution >= 0.6 is 0 Å². The summed E-state index contributed by atoms with van der Waals surface area (Å²) in [5.74, 6) is -3.12. The van der Waals surface area contributed by atoms with Gasteiger partial charge in [0.15, 0.2) is 0 Å². The lowest BCUT2D eigenvalue weighted by Gasteiger charge is -2.37. The number of alkyl carbamates (subject to hydrolysis) is 1. The van der Waals surface area contributed by atoms with Crippen LogP contribution in [0.3, 0.4) is 0 Å². The third kappa shape index (κ3) is 7.91. The molecule has 1 aromatic carbocycles. The van der Waals surface area contributed by atoms with E-state index in [1.807, 2.05) is 12.2 Å². The van der Waals surface area contributed by atoms with Gasteiger partial charge in [-0.05, 0) is 77.8 Å². The third-order valence-corrected chi connectivity index (χ3v) is 12.3. The van der Waals surface area contributed by atoms with Crippen LogP contribution in [0, 0.1) is 11.7 Å². The first-order valence-corrected chi connectivity index (χ1v) is 19.5. The van der Waals surface area contributed by atoms with Gasteiger partial charge in [0.25, 0.3) is 5.91 Å². The Morgan fingerprint density at radius 2 is 1.79 bits per heavy atom. The molecule has 3 heterocycles. The first kappa shape index (κ1) is 37.5. The average Bonchev–Trinajstić information content (AvgIpc) is 3.95. The van der Waals surface area contributed by atoms with E-state index in [2.05, 4.69) is 15.4 Å². The van der Waals surface area contributed by atoms with Crippen molar-refractivity contribution < 1.29 is 46.3 Å². The molecule has 2 aliphatic carbocycles. The van der Waals surface area contributed by atoms with Crippen LogP contribution in [0.2, 0.25) is 0 Å². The maximum Gasteiger partial charge on any atom is 0.410 e. The van der Waals surface area contributed by atoms with Crippen molar-refractivity contribution in [3.8, 4) is 0 Å². The second kappa shape index (κ2) is 14.0. The Hall–Kier alpha value is -4.21. The highest BCUT2D eigenvalue weighted by Gasteiger charge is 2.64. The largest absolute Gasteiger partial charge is 0.444 e. The summed E-state index contributed by atoms with van der Waals surface area (Å²) in [7, 11) is -3.93. The van der Waals surface area contributed by atoms with Crippen LogP contribution in [0.1, 0.15) is 96.6 Å². The van der Waals surface area contributed by atoms with E-state index in [0.29, 0.717) is 43.2 Å². The van der Waals surface area contributed by atoms with Gasteiger partial charge in [-0.3, -0.25) is 24.0 Å². The smallest absolute Gasteiger partial charge is 0.410 e. The highest BCUT2D eigenvalue weighted by Crippen LogP contribution is 2.47. The van der Waals surface area contributed by atoms with Crippen LogP contribution in [0.25, 0.3) is 0 Å². The Labute approximate surface area is 303 Å². The van der Waals surface area contributed by atoms with Crippen LogP contribution in [0.5, 0.6) is 0 Å². The molecular formula is C36H48FN5O9S. The van der Waals surface area contributed by atoms with Gasteiger partial charge < -0.3 is 25.0 Å². The summed E-state index contributed by atoms with van der Waals surface area (Å²) < 4.78 is 53.5. The number of carbonyl (C=O) groups excluding carboxylic acids is 5. The molecule has 5 aliphatic rings. The van der Waals surface area contributed by atoms with Crippen LogP contribution in [0.15, 0.2) is 30.4 Å². The first-order valence-electron chi connectivity index (χ1n) is 18.0. The van der Waals surface area contributed by atoms with Gasteiger partial charge in [-0.15, -0.1) is 0 Å². The number of nitrogens with zero attached hydrogens (tertiary/aromatic N) is 2. The van der Waals surface area contributed by atoms with Crippen molar-refractivity contribution >= 4 is 39.9 Å². The fourth-order valence-corrected chi connectivity index (χ4v) is 8.69. The Morgan fingerprint density at radius 1 is 1.04 bits per heavy atom. The minimum absolute atomic E-state index is 0.00779. The van der Waals surface area contributed by atoms with E-state index >= 15 is 0 Å². The quantitative estimate of drug-likeness (QED) is 0.380. The number of halogens is 1. The number of hydrogen-bond acceptors (Lipinski definition) is 9. The summed E-state index contributed by atoms with van der Waals surface area (Å²) in [4.78, 5) is 71.6. The van der Waals surface area contributed by atoms with Crippen molar-refractivity contribution in [2.24, 2.45) is 5.92 Å². The number of ether oxygens (including phenoxy) is 2. The number of carbonyl (C=O) groups is 5. The number of fused-ring (bicyclic) bond motifs is 3. The lowest BCUT2D eigenvalue weighted by molar-refractivity contribution is -0.146. The molecular weight excluding hydrogens is 697 g/mol. The Bertz CT molecular complexity index is 1780. The van der Waals surface area contributed by atoms with Crippen LogP contribution < -0.4 is 15.4 Å². The molecule has 2 saturated carbocycles. The van der Waals surface area contributed by atoms with Gasteiger partial charge in [0, 0.05) is 24.4 Å². The summed E-state index contributed by atoms with van der Waals surface area (Å²) in [6, 6.07) is 3.51. The number of nitrogens with one attached hydrogen (secondary N) is 3. The molecule has 0 radical (unpaired) electrons. The number of benzene rings is 1. The molecule has 6 rings (SSSR count). The molecule has 5 amide bonds. The zero-order valence-corrected chi connectivity index (χ0v) is 30.9. The molecule has 16 heteroatoms. The molecule has 284 valence electrons. The Morgan fingerprint density at radius 3 is 2.48 bits per heavy atom. The highest BCUT2D eigenvalue weighted by atomic mass is 32.2. The van der Waals surface area contributed by atoms with E-state index in [1.165, 1.54) is 22.8 Å². The van der Waals surface area contributed by atoms with Crippen molar-refractivity contribution in [2.75, 3.05) is 6.54 Å². The summed E-state index contributed by atoms with van der Waals surface area (Å²) in [6.07, 6.45) is 4.98. The van der Waals surface area contributed by atoms with Crippen molar-refractivity contribution in [3.05, 3.63) is 47.3 Å². The fraction of sp³-hybridized carbons (Fsp3) is 0.639. The zero-order chi connectivity index (χ0) is 37.6. The maximum absolute atomic E-state index is 14.5. The average molecular weight is 746 g/mol. The van der Waals surface area contributed by atoms with Crippen molar-refractivity contribution in [2.45, 2.75) is 133 Å². The molecule has 0 bridgehead atoms. The number of hydrogen-bond donors (Lipinski definition) is 3. The SMILES string of the molecule is CC(C)(C)OC(=O)N[C@@H]1CCCCC/C=C\C2C[C@@]2(C(=O)NS(=O)(=O)C2CC2)NC(=O)[C@]2(C)C[C@@H](OC(=O)N3Cc4cccc(F)c4C3)CN2C1=O. The summed E-state index contributed by atoms with van der Waals surface area (Å²) >= 11 is 0. The molecule has 5 atom stereocenters. The maximum atomic E-state index is 14.5. The van der Waals surface area contributed by atoms with Gasteiger partial charge in [-0.1, -0.05) is 37.1 Å². The normalized spacial score (nSPS) is 30.1. The second-order valence-corrected chi connectivity index (χ2v) is 17.8. The monoisotopic (exact) mass is 745 g/mol. The lowest BCUT2D eigenvalue weighted by Crippen LogP contribution is -2.63. The molecule has 3 N–H and O–H groups in total. The summed E-state index contributed by atoms with van der Waals surface area (Å²) in [5, 5.41) is 4.84. The van der Waals surface area contributed by atoms with Gasteiger partial charge in [0.2, 0.25) is 21.8 Å². The van der Waals surface area contributed by atoms with E-state index < -0.39 is 85.7 Å². The number of sulfonamides is 1. The van der Waals surface area contributed by atoms with E-state index in [1.54, 1.807) is 32.9 Å². The number of amides is 5. The van der Waals surface area contributed by atoms with Crippen molar-refractivity contribution in [3.63, 3.8) is 0 Å². The molecule has 3 aliphatic heterocycles. The van der Waals surface area contributed by atoms with E-state index in [-0.39, 0.29) is 38.9 Å². The fourth-order valence-electron chi connectivity index (χ4n) is 7.32. The van der Waals surface area contributed by atoms with Gasteiger partial charge >= 0.3 is 12.2 Å². The number of rotatable bonds is 5. The van der Waals surface area contributed by atoms with Crippen molar-refractivity contribution in [1.82, 2.24) is 25.2 Å². The highest BCUT2D eigenvalue weighted by molar-refractivity contribution is 7.91. The predicted octanol–water partition coefficient (Wildman–Crippen LogP) is 3.53. The molecule has 1 saturated heterocycles. The van der Waals surface area contributed by atoms with Crippen molar-refractivity contribution in [1.29, 1.82) is 0 Å². The third-order valence-electron chi connectivity index (χ3n) is 10.5. The molecule has 1 unspecified atom stereocenters. The van der Waals surface area contributed by atoms with E-state index in [0.717, 1.165) is 6.42 Å². The minimum Gasteiger partial charge on any atom is -0.444 e. The molecule has 0 spiro atoms. The first-order chi connectivity index (χ1) is 24.4. The van der Waals surface area contributed by atoms with Gasteiger partial charge in [0.05, 0.1) is 18.3 Å². The minimum atomic E-state index is -3.93. The van der Waals surface area contributed by atoms with Gasteiger partial charge in [-0.25, -0.2) is 22.4 Å². The van der Waals surface area contributed by atoms with Crippen LogP contribution in [-0.2, 0) is 47.0 Å². The van der Waals surface area contributed by atoms with E-state index in [9.17, 15) is 36.8 Å². The summed E-state index contributed by atoms with van der Waals surface area (Å²) in [5.41, 5.74) is -3.09. The Balaban J connectivity index is 1.28. The molecule has 0 aromatic heterocycles. The van der Waals surface area contributed by atoms with Crippen LogP contribution in [-0.4, -0.2) is 88.7 Å². The zero-order valence-electron chi connectivity index (χ0n) is 30.0. The van der Waals surface area contributed by atoms with Crippen LogP contribution in [0.4, 0.5) is 14.0 Å². The predicted molar refractivity (Wildman–Crippen MR) is 185 cm³/mol. The van der Waals surface area contributed by atoms with E-state index in [4.69, 9.17) is 9.47 Å². The lowest BCUT2D eigenvalue weighted by atomic mass is 9.94. The molecule has 52 heavy (non-hydrogen) atoms. The topological polar surface area (TPSA) is 181 Å². The molecule has 14 nitrogen and oxygen atoms in total. The summed E-state index contributed by atoms with van der Waals surface area (Å²) in [6.45, 7) is 6.48. The number of allylic oxidation sites excluding steroid dienone is 1. The second-order valence-electron chi connectivity index (χ2n) is 15.8. The van der Waals surface area contributed by atoms with Gasteiger partial charge in [0.1, 0.15) is 34.6 Å². The Kier molecular flexibility index (Phi) is 10.1. The standard InChI is InChI=1S/C36H48FN5O9S/c1-34(2,3)51-32(46)38-28-14-9-7-5-6-8-12-23-17-36(23,31(45)40-52(48,49)25-15-16-25)39-30(44)35(4)18-24(20-42(35)29(28)43)50-33(47)41-19-22-11-10-13-27(37)26(22)21-41/h8,10-13,23-25,28H,5-7,9,14-21H2,1-4H3,(H,38,46)(H,39,44)(H,40,45)/b12-8-/t23?,24-,28-,35+,36-/m1/s1. The molecule has 3 fully saturated rings.